The van der Waals surface area contributed by atoms with Gasteiger partial charge in [-0.3, -0.25) is 9.78 Å². The molecule has 1 atom stereocenters. The molecule has 2 aromatic heterocycles. The van der Waals surface area contributed by atoms with Crippen LogP contribution in [0.5, 0.6) is 5.75 Å². The molecule has 1 aliphatic carbocycles. The van der Waals surface area contributed by atoms with E-state index < -0.39 is 0 Å². The predicted molar refractivity (Wildman–Crippen MR) is 122 cm³/mol. The molecule has 0 aliphatic heterocycles. The summed E-state index contributed by atoms with van der Waals surface area (Å²) in [5.41, 5.74) is 2.85. The van der Waals surface area contributed by atoms with Crippen LogP contribution < -0.4 is 15.0 Å². The van der Waals surface area contributed by atoms with Crippen molar-refractivity contribution in [2.24, 2.45) is 0 Å². The highest BCUT2D eigenvalue weighted by Gasteiger charge is 2.27. The first-order valence-electron chi connectivity index (χ1n) is 10.9. The third-order valence-electron chi connectivity index (χ3n) is 5.40. The molecule has 8 nitrogen and oxygen atoms in total. The van der Waals surface area contributed by atoms with Crippen molar-refractivity contribution >= 4 is 11.7 Å². The maximum atomic E-state index is 12.6. The summed E-state index contributed by atoms with van der Waals surface area (Å²) in [5.74, 6) is 2.11. The highest BCUT2D eigenvalue weighted by Crippen LogP contribution is 2.32. The summed E-state index contributed by atoms with van der Waals surface area (Å²) in [6.45, 7) is 7.25. The Morgan fingerprint density at radius 2 is 1.97 bits per heavy atom. The van der Waals surface area contributed by atoms with Crippen LogP contribution in [0.1, 0.15) is 38.4 Å². The van der Waals surface area contributed by atoms with Crippen molar-refractivity contribution in [2.75, 3.05) is 39.2 Å². The number of likely N-dealkylation sites (N-methyl/N-ethyl adjacent to an activating group) is 2. The minimum Gasteiger partial charge on any atom is -0.492 e. The Bertz CT molecular complexity index is 915. The molecule has 0 aromatic carbocycles. The van der Waals surface area contributed by atoms with Crippen LogP contribution in [0, 0.1) is 0 Å². The van der Waals surface area contributed by atoms with Gasteiger partial charge >= 0.3 is 0 Å². The second-order valence-electron chi connectivity index (χ2n) is 8.63. The van der Waals surface area contributed by atoms with Crippen LogP contribution in [0.2, 0.25) is 0 Å². The molecule has 2 heterocycles. The van der Waals surface area contributed by atoms with Crippen molar-refractivity contribution in [3.05, 3.63) is 29.6 Å². The van der Waals surface area contributed by atoms with E-state index in [0.29, 0.717) is 18.1 Å². The van der Waals surface area contributed by atoms with Crippen molar-refractivity contribution in [1.29, 1.82) is 0 Å². The molecule has 0 bridgehead atoms. The Balaban J connectivity index is 1.89. The number of nitrogens with zero attached hydrogens (tertiary/aromatic N) is 5. The fraction of sp³-hybridized carbons (Fsp3) is 0.565. The first-order chi connectivity index (χ1) is 14.8. The molecule has 0 saturated heterocycles. The van der Waals surface area contributed by atoms with Crippen LogP contribution in [-0.4, -0.2) is 72.1 Å². The lowest BCUT2D eigenvalue weighted by atomic mass is 10.1. The second-order valence-corrected chi connectivity index (χ2v) is 8.63. The third-order valence-corrected chi connectivity index (χ3v) is 5.40. The van der Waals surface area contributed by atoms with E-state index in [9.17, 15) is 4.79 Å². The number of ether oxygens (including phenoxy) is 1. The topological polar surface area (TPSA) is 83.5 Å². The van der Waals surface area contributed by atoms with Gasteiger partial charge in [-0.05, 0) is 60.2 Å². The monoisotopic (exact) mass is 426 g/mol. The number of fused-ring (bicyclic) bond motifs is 1. The number of amides is 1. The SMILES string of the molecule is CC(C)NC(=O)[C@H](C)N(C)c1nc(-c2cc(OCCN(C)C)ccn2)nc2c1CCC2. The van der Waals surface area contributed by atoms with Gasteiger partial charge in [0, 0.05) is 43.2 Å². The zero-order valence-corrected chi connectivity index (χ0v) is 19.5. The molecule has 168 valence electrons. The largest absolute Gasteiger partial charge is 0.492 e. The average Bonchev–Trinajstić information content (AvgIpc) is 3.20. The molecule has 31 heavy (non-hydrogen) atoms. The minimum atomic E-state index is -0.344. The lowest BCUT2D eigenvalue weighted by molar-refractivity contribution is -0.122. The number of hydrogen-bond donors (Lipinski definition) is 1. The number of pyridine rings is 1. The zero-order valence-electron chi connectivity index (χ0n) is 19.5. The number of carbonyl (C=O) groups is 1. The second kappa shape index (κ2) is 10.0. The summed E-state index contributed by atoms with van der Waals surface area (Å²) >= 11 is 0. The molecule has 0 saturated carbocycles. The van der Waals surface area contributed by atoms with Gasteiger partial charge in [0.15, 0.2) is 5.82 Å². The number of aryl methyl sites for hydroxylation is 1. The van der Waals surface area contributed by atoms with Gasteiger partial charge < -0.3 is 19.9 Å². The maximum Gasteiger partial charge on any atom is 0.242 e. The van der Waals surface area contributed by atoms with E-state index in [1.807, 2.05) is 58.9 Å². The maximum absolute atomic E-state index is 12.6. The van der Waals surface area contributed by atoms with Gasteiger partial charge in [-0.1, -0.05) is 0 Å². The standard InChI is InChI=1S/C23H34N6O2/c1-15(2)25-23(30)16(3)29(6)22-18-8-7-9-19(18)26-21(27-22)20-14-17(10-11-24-20)31-13-12-28(4)5/h10-11,14-16H,7-9,12-13H2,1-6H3,(H,25,30)/t16-/m0/s1. The summed E-state index contributed by atoms with van der Waals surface area (Å²) in [6, 6.07) is 3.47. The quantitative estimate of drug-likeness (QED) is 0.659. The molecule has 0 fully saturated rings. The Morgan fingerprint density at radius 1 is 1.19 bits per heavy atom. The van der Waals surface area contributed by atoms with Crippen LogP contribution in [0.15, 0.2) is 18.3 Å². The summed E-state index contributed by atoms with van der Waals surface area (Å²) in [4.78, 5) is 30.8. The molecule has 8 heteroatoms. The first-order valence-corrected chi connectivity index (χ1v) is 10.9. The van der Waals surface area contributed by atoms with Crippen LogP contribution in [-0.2, 0) is 17.6 Å². The van der Waals surface area contributed by atoms with Gasteiger partial charge in [0.2, 0.25) is 5.91 Å². The molecule has 1 N–H and O–H groups in total. The number of hydrogen-bond acceptors (Lipinski definition) is 7. The van der Waals surface area contributed by atoms with Gasteiger partial charge in [0.1, 0.15) is 29.9 Å². The van der Waals surface area contributed by atoms with Crippen molar-refractivity contribution in [2.45, 2.75) is 52.1 Å². The number of carbonyl (C=O) groups excluding carboxylic acids is 1. The zero-order chi connectivity index (χ0) is 22.5. The highest BCUT2D eigenvalue weighted by molar-refractivity contribution is 5.85. The Morgan fingerprint density at radius 3 is 2.68 bits per heavy atom. The molecule has 3 rings (SSSR count). The van der Waals surface area contributed by atoms with Gasteiger partial charge in [0.05, 0.1) is 0 Å². The average molecular weight is 427 g/mol. The summed E-state index contributed by atoms with van der Waals surface area (Å²) < 4.78 is 5.86. The Hall–Kier alpha value is -2.74. The third kappa shape index (κ3) is 5.70. The van der Waals surface area contributed by atoms with E-state index in [-0.39, 0.29) is 18.0 Å². The Kier molecular flexibility index (Phi) is 7.43. The van der Waals surface area contributed by atoms with Gasteiger partial charge in [-0.25, -0.2) is 9.97 Å². The van der Waals surface area contributed by atoms with Crippen molar-refractivity contribution in [1.82, 2.24) is 25.2 Å². The van der Waals surface area contributed by atoms with Gasteiger partial charge in [0.25, 0.3) is 0 Å². The fourth-order valence-electron chi connectivity index (χ4n) is 3.55. The van der Waals surface area contributed by atoms with Crippen LogP contribution in [0.3, 0.4) is 0 Å². The molecule has 1 amide bonds. The summed E-state index contributed by atoms with van der Waals surface area (Å²) in [6.07, 6.45) is 4.60. The lowest BCUT2D eigenvalue weighted by Crippen LogP contribution is -2.46. The number of rotatable bonds is 9. The van der Waals surface area contributed by atoms with Crippen molar-refractivity contribution in [3.63, 3.8) is 0 Å². The molecule has 1 aliphatic rings. The van der Waals surface area contributed by atoms with E-state index in [1.165, 1.54) is 0 Å². The van der Waals surface area contributed by atoms with Crippen LogP contribution >= 0.6 is 0 Å². The molecule has 0 spiro atoms. The molecule has 0 unspecified atom stereocenters. The number of nitrogens with one attached hydrogen (secondary N) is 1. The predicted octanol–water partition coefficient (Wildman–Crippen LogP) is 2.32. The smallest absolute Gasteiger partial charge is 0.242 e. The normalized spacial score (nSPS) is 13.9. The lowest BCUT2D eigenvalue weighted by Gasteiger charge is -2.28. The van der Waals surface area contributed by atoms with Crippen LogP contribution in [0.25, 0.3) is 11.5 Å². The van der Waals surface area contributed by atoms with E-state index in [2.05, 4.69) is 15.2 Å². The first kappa shape index (κ1) is 22.9. The van der Waals surface area contributed by atoms with E-state index in [1.54, 1.807) is 6.20 Å². The van der Waals surface area contributed by atoms with E-state index in [4.69, 9.17) is 14.7 Å². The van der Waals surface area contributed by atoms with Gasteiger partial charge in [-0.2, -0.15) is 0 Å². The van der Waals surface area contributed by atoms with Crippen molar-refractivity contribution in [3.8, 4) is 17.3 Å². The molecular weight excluding hydrogens is 392 g/mol. The molecular formula is C23H34N6O2. The Labute approximate surface area is 185 Å². The summed E-state index contributed by atoms with van der Waals surface area (Å²) in [5, 5.41) is 2.99. The highest BCUT2D eigenvalue weighted by atomic mass is 16.5. The molecule has 0 radical (unpaired) electrons. The fourth-order valence-corrected chi connectivity index (χ4v) is 3.55. The minimum absolute atomic E-state index is 0.0150. The molecule has 2 aromatic rings. The van der Waals surface area contributed by atoms with Gasteiger partial charge in [-0.15, -0.1) is 0 Å². The van der Waals surface area contributed by atoms with Crippen molar-refractivity contribution < 1.29 is 9.53 Å². The van der Waals surface area contributed by atoms with E-state index in [0.717, 1.165) is 48.6 Å². The van der Waals surface area contributed by atoms with Crippen LogP contribution in [0.4, 0.5) is 5.82 Å². The number of anilines is 1. The van der Waals surface area contributed by atoms with E-state index >= 15 is 0 Å². The summed E-state index contributed by atoms with van der Waals surface area (Å²) in [7, 11) is 5.95. The number of aromatic nitrogens is 3.